The highest BCUT2D eigenvalue weighted by Crippen LogP contribution is 2.32. The lowest BCUT2D eigenvalue weighted by Gasteiger charge is -2.36. The fourth-order valence-electron chi connectivity index (χ4n) is 3.17. The molecule has 0 atom stereocenters. The summed E-state index contributed by atoms with van der Waals surface area (Å²) in [7, 11) is 0. The summed E-state index contributed by atoms with van der Waals surface area (Å²) in [5, 5.41) is 5.76. The zero-order valence-corrected chi connectivity index (χ0v) is 19.9. The van der Waals surface area contributed by atoms with Crippen LogP contribution in [0.25, 0.3) is 0 Å². The van der Waals surface area contributed by atoms with Crippen LogP contribution in [0.1, 0.15) is 33.4 Å². The number of rotatable bonds is 6. The summed E-state index contributed by atoms with van der Waals surface area (Å²) < 4.78 is 0.923. The first-order valence-electron chi connectivity index (χ1n) is 9.92. The molecule has 2 heterocycles. The zero-order chi connectivity index (χ0) is 21.0. The minimum atomic E-state index is -0.0433. The number of thiazole rings is 1. The van der Waals surface area contributed by atoms with Crippen molar-refractivity contribution in [2.24, 2.45) is 0 Å². The fraction of sp³-hybridized carbons (Fsp3) is 0.524. The summed E-state index contributed by atoms with van der Waals surface area (Å²) >= 11 is 9.28. The van der Waals surface area contributed by atoms with Gasteiger partial charge in [-0.25, -0.2) is 4.98 Å². The van der Waals surface area contributed by atoms with Gasteiger partial charge < -0.3 is 15.1 Å². The van der Waals surface area contributed by atoms with Crippen LogP contribution in [0.5, 0.6) is 0 Å². The van der Waals surface area contributed by atoms with E-state index in [-0.39, 0.29) is 11.3 Å². The van der Waals surface area contributed by atoms with Gasteiger partial charge in [0.1, 0.15) is 0 Å². The Labute approximate surface area is 186 Å². The first kappa shape index (κ1) is 22.4. The Hall–Kier alpha value is -1.28. The van der Waals surface area contributed by atoms with Gasteiger partial charge in [0.15, 0.2) is 4.34 Å². The third kappa shape index (κ3) is 6.10. The first-order valence-corrected chi connectivity index (χ1v) is 12.2. The van der Waals surface area contributed by atoms with Gasteiger partial charge in [-0.2, -0.15) is 0 Å². The van der Waals surface area contributed by atoms with Gasteiger partial charge in [0.2, 0.25) is 5.91 Å². The van der Waals surface area contributed by atoms with E-state index >= 15 is 0 Å². The smallest absolute Gasteiger partial charge is 0.234 e. The molecule has 1 aromatic heterocycles. The molecule has 0 aliphatic carbocycles. The van der Waals surface area contributed by atoms with Gasteiger partial charge in [-0.15, -0.1) is 11.3 Å². The molecule has 1 amide bonds. The van der Waals surface area contributed by atoms with Crippen molar-refractivity contribution >= 4 is 52.0 Å². The highest BCUT2D eigenvalue weighted by atomic mass is 35.5. The van der Waals surface area contributed by atoms with Crippen molar-refractivity contribution in [3.8, 4) is 0 Å². The third-order valence-corrected chi connectivity index (χ3v) is 7.23. The maximum atomic E-state index is 12.6. The predicted octanol–water partition coefficient (Wildman–Crippen LogP) is 4.97. The van der Waals surface area contributed by atoms with Crippen LogP contribution in [-0.4, -0.2) is 54.3 Å². The van der Waals surface area contributed by atoms with Gasteiger partial charge in [-0.1, -0.05) is 51.1 Å². The zero-order valence-electron chi connectivity index (χ0n) is 17.5. The highest BCUT2D eigenvalue weighted by molar-refractivity contribution is 8.01. The third-order valence-electron chi connectivity index (χ3n) is 4.97. The molecule has 0 spiro atoms. The van der Waals surface area contributed by atoms with Gasteiger partial charge in [-0.05, 0) is 24.7 Å². The van der Waals surface area contributed by atoms with Crippen LogP contribution in [0, 0.1) is 0 Å². The number of aromatic nitrogens is 1. The standard InChI is InChI=1S/C21H29ClN4OS2/c1-5-25-8-10-26(11-9-25)17-7-6-15(22)12-16(17)23-19(27)14-29-20-24-18(13-28-20)21(2,3)4/h6-7,12-13H,5,8-11,14H2,1-4H3,(H,23,27). The normalized spacial score (nSPS) is 15.6. The van der Waals surface area contributed by atoms with E-state index in [0.29, 0.717) is 10.8 Å². The van der Waals surface area contributed by atoms with E-state index in [4.69, 9.17) is 11.6 Å². The molecule has 1 saturated heterocycles. The summed E-state index contributed by atoms with van der Waals surface area (Å²) in [6, 6.07) is 5.73. The maximum Gasteiger partial charge on any atom is 0.234 e. The van der Waals surface area contributed by atoms with Crippen molar-refractivity contribution in [3.05, 3.63) is 34.3 Å². The Morgan fingerprint density at radius 1 is 1.28 bits per heavy atom. The minimum absolute atomic E-state index is 0.0229. The number of piperazine rings is 1. The second-order valence-corrected chi connectivity index (χ2v) is 10.7. The average Bonchev–Trinajstić information content (AvgIpc) is 3.16. The molecule has 8 heteroatoms. The molecule has 1 aromatic carbocycles. The SMILES string of the molecule is CCN1CCN(c2ccc(Cl)cc2NC(=O)CSc2nc(C(C)(C)C)cs2)CC1. The lowest BCUT2D eigenvalue weighted by molar-refractivity contribution is -0.113. The number of hydrogen-bond acceptors (Lipinski definition) is 6. The topological polar surface area (TPSA) is 48.5 Å². The lowest BCUT2D eigenvalue weighted by Crippen LogP contribution is -2.46. The molecule has 0 bridgehead atoms. The largest absolute Gasteiger partial charge is 0.367 e. The molecule has 0 saturated carbocycles. The second kappa shape index (κ2) is 9.69. The molecule has 0 unspecified atom stereocenters. The van der Waals surface area contributed by atoms with Crippen LogP contribution in [0.4, 0.5) is 11.4 Å². The van der Waals surface area contributed by atoms with Crippen molar-refractivity contribution in [3.63, 3.8) is 0 Å². The number of likely N-dealkylation sites (N-methyl/N-ethyl adjacent to an activating group) is 1. The fourth-order valence-corrected chi connectivity index (χ4v) is 5.20. The van der Waals surface area contributed by atoms with Gasteiger partial charge in [-0.3, -0.25) is 4.79 Å². The van der Waals surface area contributed by atoms with Gasteiger partial charge >= 0.3 is 0 Å². The molecule has 1 fully saturated rings. The second-order valence-electron chi connectivity index (χ2n) is 8.17. The van der Waals surface area contributed by atoms with E-state index < -0.39 is 0 Å². The lowest BCUT2D eigenvalue weighted by atomic mass is 9.93. The van der Waals surface area contributed by atoms with Crippen molar-refractivity contribution in [1.82, 2.24) is 9.88 Å². The number of halogens is 1. The summed E-state index contributed by atoms with van der Waals surface area (Å²) in [4.78, 5) is 22.0. The number of nitrogens with zero attached hydrogens (tertiary/aromatic N) is 3. The molecule has 1 aliphatic rings. The monoisotopic (exact) mass is 452 g/mol. The number of thioether (sulfide) groups is 1. The Bertz CT molecular complexity index is 841. The van der Waals surface area contributed by atoms with E-state index in [1.807, 2.05) is 18.2 Å². The van der Waals surface area contributed by atoms with Crippen molar-refractivity contribution < 1.29 is 4.79 Å². The van der Waals surface area contributed by atoms with Gasteiger partial charge in [0, 0.05) is 42.0 Å². The van der Waals surface area contributed by atoms with Gasteiger partial charge in [0.25, 0.3) is 0 Å². The maximum absolute atomic E-state index is 12.6. The molecule has 29 heavy (non-hydrogen) atoms. The number of hydrogen-bond donors (Lipinski definition) is 1. The number of amides is 1. The molecule has 158 valence electrons. The number of anilines is 2. The van der Waals surface area contributed by atoms with E-state index in [1.165, 1.54) is 11.8 Å². The summed E-state index contributed by atoms with van der Waals surface area (Å²) in [5.74, 6) is 0.283. The Kier molecular flexibility index (Phi) is 7.48. The van der Waals surface area contributed by atoms with Crippen molar-refractivity contribution in [1.29, 1.82) is 0 Å². The van der Waals surface area contributed by atoms with Gasteiger partial charge in [0.05, 0.1) is 22.8 Å². The van der Waals surface area contributed by atoms with E-state index in [9.17, 15) is 4.79 Å². The summed E-state index contributed by atoms with van der Waals surface area (Å²) in [6.07, 6.45) is 0. The van der Waals surface area contributed by atoms with E-state index in [0.717, 1.165) is 54.1 Å². The minimum Gasteiger partial charge on any atom is -0.367 e. The molecular weight excluding hydrogens is 424 g/mol. The Morgan fingerprint density at radius 2 is 2.00 bits per heavy atom. The number of nitrogens with one attached hydrogen (secondary N) is 1. The first-order chi connectivity index (χ1) is 13.8. The predicted molar refractivity (Wildman–Crippen MR) is 126 cm³/mol. The van der Waals surface area contributed by atoms with E-state index in [1.54, 1.807) is 11.3 Å². The molecule has 5 nitrogen and oxygen atoms in total. The van der Waals surface area contributed by atoms with Crippen LogP contribution in [0.15, 0.2) is 27.9 Å². The Balaban J connectivity index is 1.62. The molecule has 1 N–H and O–H groups in total. The highest BCUT2D eigenvalue weighted by Gasteiger charge is 2.20. The van der Waals surface area contributed by atoms with Crippen molar-refractivity contribution in [2.75, 3.05) is 48.7 Å². The Morgan fingerprint density at radius 3 is 2.62 bits per heavy atom. The molecule has 1 aliphatic heterocycles. The van der Waals surface area contributed by atoms with Crippen LogP contribution in [0.2, 0.25) is 5.02 Å². The van der Waals surface area contributed by atoms with E-state index in [2.05, 4.69) is 53.2 Å². The average molecular weight is 453 g/mol. The van der Waals surface area contributed by atoms with Crippen LogP contribution in [-0.2, 0) is 10.2 Å². The van der Waals surface area contributed by atoms with Crippen LogP contribution < -0.4 is 10.2 Å². The number of carbonyl (C=O) groups is 1. The molecule has 3 rings (SSSR count). The summed E-state index contributed by atoms with van der Waals surface area (Å²) in [6.45, 7) is 13.6. The van der Waals surface area contributed by atoms with Crippen LogP contribution >= 0.6 is 34.7 Å². The summed E-state index contributed by atoms with van der Waals surface area (Å²) in [5.41, 5.74) is 2.90. The molecular formula is C21H29ClN4OS2. The van der Waals surface area contributed by atoms with Crippen molar-refractivity contribution in [2.45, 2.75) is 37.4 Å². The quantitative estimate of drug-likeness (QED) is 0.627. The molecule has 2 aromatic rings. The number of benzene rings is 1. The number of carbonyl (C=O) groups excluding carboxylic acids is 1. The van der Waals surface area contributed by atoms with Crippen LogP contribution in [0.3, 0.4) is 0 Å². The molecule has 0 radical (unpaired) electrons.